The van der Waals surface area contributed by atoms with Gasteiger partial charge in [-0.2, -0.15) is 0 Å². The molecular weight excluding hydrogens is 274 g/mol. The van der Waals surface area contributed by atoms with Crippen molar-refractivity contribution in [3.05, 3.63) is 60.2 Å². The van der Waals surface area contributed by atoms with Crippen LogP contribution in [0.4, 0.5) is 0 Å². The van der Waals surface area contributed by atoms with Crippen LogP contribution in [0.1, 0.15) is 12.5 Å². The van der Waals surface area contributed by atoms with E-state index in [9.17, 15) is 5.11 Å². The second kappa shape index (κ2) is 8.46. The van der Waals surface area contributed by atoms with E-state index in [1.54, 1.807) is 6.07 Å². The minimum atomic E-state index is 0. The van der Waals surface area contributed by atoms with E-state index in [-0.39, 0.29) is 12.4 Å². The average Bonchev–Trinajstić information content (AvgIpc) is 2.46. The molecule has 0 saturated carbocycles. The zero-order chi connectivity index (χ0) is 13.5. The smallest absolute Gasteiger partial charge is 0.147 e. The van der Waals surface area contributed by atoms with Crippen molar-refractivity contribution in [1.29, 1.82) is 0 Å². The third kappa shape index (κ3) is 4.76. The summed E-state index contributed by atoms with van der Waals surface area (Å²) >= 11 is 0. The van der Waals surface area contributed by atoms with Gasteiger partial charge in [-0.25, -0.2) is 0 Å². The van der Waals surface area contributed by atoms with Crippen LogP contribution in [0.15, 0.2) is 54.6 Å². The van der Waals surface area contributed by atoms with Gasteiger partial charge in [0.25, 0.3) is 0 Å². The molecule has 0 fully saturated rings. The summed E-state index contributed by atoms with van der Waals surface area (Å²) in [5.74, 6) is 1.18. The Bertz CT molecular complexity index is 505. The van der Waals surface area contributed by atoms with Gasteiger partial charge in [-0.05, 0) is 37.1 Å². The van der Waals surface area contributed by atoms with Crippen molar-refractivity contribution in [1.82, 2.24) is 5.06 Å². The summed E-state index contributed by atoms with van der Waals surface area (Å²) in [5, 5.41) is 11.6. The zero-order valence-corrected chi connectivity index (χ0v) is 12.3. The van der Waals surface area contributed by atoms with Gasteiger partial charge >= 0.3 is 0 Å². The maximum absolute atomic E-state index is 9.73. The van der Waals surface area contributed by atoms with Crippen LogP contribution in [0.2, 0.25) is 0 Å². The molecule has 0 spiro atoms. The highest BCUT2D eigenvalue weighted by molar-refractivity contribution is 5.85. The third-order valence-electron chi connectivity index (χ3n) is 2.95. The molecule has 0 aliphatic carbocycles. The predicted octanol–water partition coefficient (Wildman–Crippen LogP) is 3.67. The molecule has 4 heteroatoms. The molecule has 0 aliphatic heterocycles. The van der Waals surface area contributed by atoms with E-state index in [2.05, 4.69) is 0 Å². The lowest BCUT2D eigenvalue weighted by Gasteiger charge is -2.21. The van der Waals surface area contributed by atoms with Gasteiger partial charge < -0.3 is 9.94 Å². The fourth-order valence-electron chi connectivity index (χ4n) is 1.87. The SMILES string of the molecule is CCN(CCc1ccccc1O)Oc1ccccc1.Cl. The topological polar surface area (TPSA) is 32.7 Å². The highest BCUT2D eigenvalue weighted by atomic mass is 35.5. The standard InChI is InChI=1S/C16H19NO2.ClH/c1-2-17(19-15-9-4-3-5-10-15)13-12-14-8-6-7-11-16(14)18;/h3-11,18H,2,12-13H2,1H3;1H. The van der Waals surface area contributed by atoms with Crippen LogP contribution in [-0.4, -0.2) is 23.3 Å². The first-order chi connectivity index (χ1) is 9.29. The minimum absolute atomic E-state index is 0. The molecule has 0 aromatic heterocycles. The zero-order valence-electron chi connectivity index (χ0n) is 11.5. The fourth-order valence-corrected chi connectivity index (χ4v) is 1.87. The highest BCUT2D eigenvalue weighted by Crippen LogP contribution is 2.17. The molecular formula is C16H20ClNO2. The fraction of sp³-hybridized carbons (Fsp3) is 0.250. The van der Waals surface area contributed by atoms with E-state index in [0.717, 1.165) is 30.8 Å². The van der Waals surface area contributed by atoms with E-state index in [4.69, 9.17) is 4.84 Å². The van der Waals surface area contributed by atoms with Crippen molar-refractivity contribution in [3.63, 3.8) is 0 Å². The Labute approximate surface area is 126 Å². The molecule has 0 saturated heterocycles. The first-order valence-corrected chi connectivity index (χ1v) is 6.54. The van der Waals surface area contributed by atoms with Gasteiger partial charge in [0, 0.05) is 13.1 Å². The molecule has 0 bridgehead atoms. The van der Waals surface area contributed by atoms with Crippen LogP contribution < -0.4 is 4.84 Å². The third-order valence-corrected chi connectivity index (χ3v) is 2.95. The summed E-state index contributed by atoms with van der Waals surface area (Å²) in [5.41, 5.74) is 0.942. The summed E-state index contributed by atoms with van der Waals surface area (Å²) in [6.07, 6.45) is 0.757. The normalized spacial score (nSPS) is 10.1. The van der Waals surface area contributed by atoms with E-state index >= 15 is 0 Å². The van der Waals surface area contributed by atoms with E-state index < -0.39 is 0 Å². The van der Waals surface area contributed by atoms with Gasteiger partial charge in [0.15, 0.2) is 0 Å². The number of halogens is 1. The summed E-state index contributed by atoms with van der Waals surface area (Å²) in [7, 11) is 0. The second-order valence-electron chi connectivity index (χ2n) is 4.30. The van der Waals surface area contributed by atoms with Crippen LogP contribution in [0, 0.1) is 0 Å². The van der Waals surface area contributed by atoms with Crippen molar-refractivity contribution in [2.24, 2.45) is 0 Å². The largest absolute Gasteiger partial charge is 0.508 e. The van der Waals surface area contributed by atoms with Gasteiger partial charge in [-0.15, -0.1) is 17.5 Å². The van der Waals surface area contributed by atoms with Crippen LogP contribution in [0.25, 0.3) is 0 Å². The molecule has 20 heavy (non-hydrogen) atoms. The molecule has 2 aromatic rings. The lowest BCUT2D eigenvalue weighted by molar-refractivity contribution is -0.0526. The van der Waals surface area contributed by atoms with Gasteiger partial charge in [-0.3, -0.25) is 0 Å². The van der Waals surface area contributed by atoms with Gasteiger partial charge in [0.2, 0.25) is 0 Å². The Morgan fingerprint density at radius 1 is 1.00 bits per heavy atom. The van der Waals surface area contributed by atoms with Crippen molar-refractivity contribution >= 4 is 12.4 Å². The Morgan fingerprint density at radius 3 is 2.30 bits per heavy atom. The van der Waals surface area contributed by atoms with Gasteiger partial charge in [-0.1, -0.05) is 36.4 Å². The highest BCUT2D eigenvalue weighted by Gasteiger charge is 2.06. The average molecular weight is 294 g/mol. The summed E-state index contributed by atoms with van der Waals surface area (Å²) < 4.78 is 0. The molecule has 0 atom stereocenters. The number of para-hydroxylation sites is 2. The number of phenolic OH excluding ortho intramolecular Hbond substituents is 1. The van der Waals surface area contributed by atoms with E-state index in [0.29, 0.717) is 5.75 Å². The number of phenols is 1. The number of hydroxylamine groups is 2. The monoisotopic (exact) mass is 293 g/mol. The first kappa shape index (κ1) is 16.3. The predicted molar refractivity (Wildman–Crippen MR) is 83.4 cm³/mol. The molecule has 0 unspecified atom stereocenters. The molecule has 2 rings (SSSR count). The first-order valence-electron chi connectivity index (χ1n) is 6.54. The number of benzene rings is 2. The second-order valence-corrected chi connectivity index (χ2v) is 4.30. The van der Waals surface area contributed by atoms with Gasteiger partial charge in [0.05, 0.1) is 0 Å². The van der Waals surface area contributed by atoms with E-state index in [1.165, 1.54) is 0 Å². The molecule has 2 aromatic carbocycles. The number of aromatic hydroxyl groups is 1. The quantitative estimate of drug-likeness (QED) is 0.825. The van der Waals surface area contributed by atoms with Crippen LogP contribution in [-0.2, 0) is 6.42 Å². The molecule has 0 amide bonds. The van der Waals surface area contributed by atoms with Crippen molar-refractivity contribution < 1.29 is 9.94 Å². The minimum Gasteiger partial charge on any atom is -0.508 e. The number of hydrogen-bond acceptors (Lipinski definition) is 3. The van der Waals surface area contributed by atoms with E-state index in [1.807, 2.05) is 60.5 Å². The lowest BCUT2D eigenvalue weighted by Crippen LogP contribution is -2.29. The summed E-state index contributed by atoms with van der Waals surface area (Å²) in [6, 6.07) is 17.1. The number of rotatable bonds is 6. The summed E-state index contributed by atoms with van der Waals surface area (Å²) in [6.45, 7) is 3.58. The van der Waals surface area contributed by atoms with Crippen molar-refractivity contribution in [2.75, 3.05) is 13.1 Å². The maximum Gasteiger partial charge on any atom is 0.147 e. The molecule has 0 heterocycles. The number of likely N-dealkylation sites (N-methyl/N-ethyl adjacent to an activating group) is 1. The van der Waals surface area contributed by atoms with Crippen LogP contribution in [0.5, 0.6) is 11.5 Å². The Hall–Kier alpha value is -1.71. The Kier molecular flexibility index (Phi) is 6.91. The molecule has 1 N–H and O–H groups in total. The Morgan fingerprint density at radius 2 is 1.65 bits per heavy atom. The molecule has 0 radical (unpaired) electrons. The molecule has 3 nitrogen and oxygen atoms in total. The maximum atomic E-state index is 9.73. The van der Waals surface area contributed by atoms with Crippen molar-refractivity contribution in [2.45, 2.75) is 13.3 Å². The van der Waals surface area contributed by atoms with Crippen LogP contribution in [0.3, 0.4) is 0 Å². The number of hydrogen-bond donors (Lipinski definition) is 1. The number of nitrogens with zero attached hydrogens (tertiary/aromatic N) is 1. The lowest BCUT2D eigenvalue weighted by atomic mass is 10.1. The van der Waals surface area contributed by atoms with Crippen molar-refractivity contribution in [3.8, 4) is 11.5 Å². The molecule has 108 valence electrons. The van der Waals surface area contributed by atoms with Gasteiger partial charge in [0.1, 0.15) is 11.5 Å². The Balaban J connectivity index is 0.00000200. The molecule has 0 aliphatic rings. The summed E-state index contributed by atoms with van der Waals surface area (Å²) in [4.78, 5) is 5.78. The van der Waals surface area contributed by atoms with Crippen LogP contribution >= 0.6 is 12.4 Å².